The highest BCUT2D eigenvalue weighted by molar-refractivity contribution is 7.80. The molecule has 2 heteroatoms. The van der Waals surface area contributed by atoms with E-state index in [0.717, 1.165) is 11.1 Å². The molecule has 0 rings (SSSR count). The molecule has 0 aliphatic carbocycles. The molecule has 0 aromatic rings. The van der Waals surface area contributed by atoms with Crippen LogP contribution in [0.1, 0.15) is 20.8 Å². The Bertz CT molecular complexity index is 131. The van der Waals surface area contributed by atoms with E-state index in [1.165, 1.54) is 0 Å². The number of hydrogen-bond donors (Lipinski definition) is 1. The first kappa shape index (κ1) is 7.63. The number of allylic oxidation sites excluding steroid dienone is 1. The van der Waals surface area contributed by atoms with E-state index >= 15 is 0 Å². The van der Waals surface area contributed by atoms with Gasteiger partial charge >= 0.3 is 0 Å². The zero-order valence-electron chi connectivity index (χ0n) is 5.36. The van der Waals surface area contributed by atoms with Crippen molar-refractivity contribution in [3.8, 4) is 0 Å². The summed E-state index contributed by atoms with van der Waals surface area (Å²) in [4.78, 5) is 0. The molecule has 0 aliphatic rings. The summed E-state index contributed by atoms with van der Waals surface area (Å²) in [5.41, 5.74) is 1.87. The molecule has 0 saturated carbocycles. The van der Waals surface area contributed by atoms with Crippen LogP contribution >= 0.6 is 12.2 Å². The van der Waals surface area contributed by atoms with Crippen LogP contribution in [0.3, 0.4) is 0 Å². The number of thiocarbonyl (C=S) groups is 1. The summed E-state index contributed by atoms with van der Waals surface area (Å²) < 4.78 is 0. The quantitative estimate of drug-likeness (QED) is 0.434. The summed E-state index contributed by atoms with van der Waals surface area (Å²) in [5.74, 6) is 0. The molecule has 0 unspecified atom stereocenters. The topological polar surface area (TPSA) is 20.2 Å². The van der Waals surface area contributed by atoms with Gasteiger partial charge in [0.1, 0.15) is 0 Å². The lowest BCUT2D eigenvalue weighted by Gasteiger charge is -1.95. The molecule has 46 valence electrons. The van der Waals surface area contributed by atoms with Crippen LogP contribution in [0.15, 0.2) is 11.1 Å². The third-order valence-electron chi connectivity index (χ3n) is 1.07. The summed E-state index contributed by atoms with van der Waals surface area (Å²) >= 11 is 4.49. The molecule has 1 N–H and O–H groups in total. The van der Waals surface area contributed by atoms with E-state index in [0.29, 0.717) is 0 Å². The molecule has 0 atom stereocenters. The molecule has 0 radical (unpaired) electrons. The van der Waals surface area contributed by atoms with E-state index in [4.69, 9.17) is 5.11 Å². The normalized spacial score (nSPS) is 8.38. The summed E-state index contributed by atoms with van der Waals surface area (Å²) in [6, 6.07) is 0. The Balaban J connectivity index is 4.23. The summed E-state index contributed by atoms with van der Waals surface area (Å²) in [6.07, 6.45) is 0. The van der Waals surface area contributed by atoms with Gasteiger partial charge in [-0.25, -0.2) is 0 Å². The average molecular weight is 130 g/mol. The van der Waals surface area contributed by atoms with Crippen molar-refractivity contribution in [2.75, 3.05) is 0 Å². The van der Waals surface area contributed by atoms with Crippen molar-refractivity contribution in [3.63, 3.8) is 0 Å². The summed E-state index contributed by atoms with van der Waals surface area (Å²) in [7, 11) is 0. The molecule has 1 nitrogen and oxygen atoms in total. The molecular formula is C6H10OS. The van der Waals surface area contributed by atoms with Gasteiger partial charge in [-0.3, -0.25) is 0 Å². The number of rotatable bonds is 1. The minimum absolute atomic E-state index is 0.00463. The molecule has 0 aromatic carbocycles. The van der Waals surface area contributed by atoms with Crippen LogP contribution in [-0.4, -0.2) is 10.2 Å². The fourth-order valence-electron chi connectivity index (χ4n) is 0.214. The van der Waals surface area contributed by atoms with E-state index in [2.05, 4.69) is 12.2 Å². The second-order valence-corrected chi connectivity index (χ2v) is 2.32. The maximum absolute atomic E-state index is 8.66. The van der Waals surface area contributed by atoms with Gasteiger partial charge in [0.25, 0.3) is 0 Å². The van der Waals surface area contributed by atoms with Crippen LogP contribution in [0.5, 0.6) is 0 Å². The second kappa shape index (κ2) is 2.82. The van der Waals surface area contributed by atoms with Gasteiger partial charge in [-0.2, -0.15) is 0 Å². The maximum atomic E-state index is 8.66. The Morgan fingerprint density at radius 3 is 1.62 bits per heavy atom. The molecule has 0 heterocycles. The molecule has 0 amide bonds. The SMILES string of the molecule is CC(C)=C(C)C(O)=S. The molecule has 0 saturated heterocycles. The molecule has 0 bridgehead atoms. The highest BCUT2D eigenvalue weighted by atomic mass is 32.1. The molecule has 0 fully saturated rings. The minimum Gasteiger partial charge on any atom is -0.499 e. The van der Waals surface area contributed by atoms with Crippen molar-refractivity contribution >= 4 is 17.3 Å². The van der Waals surface area contributed by atoms with E-state index in [1.807, 2.05) is 13.8 Å². The van der Waals surface area contributed by atoms with Crippen LogP contribution < -0.4 is 0 Å². The van der Waals surface area contributed by atoms with Gasteiger partial charge in [0.15, 0.2) is 5.05 Å². The highest BCUT2D eigenvalue weighted by Crippen LogP contribution is 2.01. The predicted molar refractivity (Wildman–Crippen MR) is 39.3 cm³/mol. The Morgan fingerprint density at radius 2 is 1.62 bits per heavy atom. The predicted octanol–water partition coefficient (Wildman–Crippen LogP) is 2.23. The van der Waals surface area contributed by atoms with Crippen molar-refractivity contribution in [1.82, 2.24) is 0 Å². The van der Waals surface area contributed by atoms with Crippen LogP contribution in [0.2, 0.25) is 0 Å². The first-order valence-electron chi connectivity index (χ1n) is 2.43. The van der Waals surface area contributed by atoms with Gasteiger partial charge in [0.2, 0.25) is 0 Å². The molecule has 0 aliphatic heterocycles. The first-order valence-corrected chi connectivity index (χ1v) is 2.84. The standard InChI is InChI=1S/C6H10OS/c1-4(2)5(3)6(7)8/h1-3H3,(H,7,8). The van der Waals surface area contributed by atoms with Crippen molar-refractivity contribution in [3.05, 3.63) is 11.1 Å². The fraction of sp³-hybridized carbons (Fsp3) is 0.500. The van der Waals surface area contributed by atoms with Crippen LogP contribution in [-0.2, 0) is 0 Å². The third-order valence-corrected chi connectivity index (χ3v) is 1.38. The fourth-order valence-corrected chi connectivity index (χ4v) is 0.418. The smallest absolute Gasteiger partial charge is 0.184 e. The lowest BCUT2D eigenvalue weighted by molar-refractivity contribution is 0.568. The lowest BCUT2D eigenvalue weighted by atomic mass is 10.2. The maximum Gasteiger partial charge on any atom is 0.184 e. The third kappa shape index (κ3) is 2.07. The van der Waals surface area contributed by atoms with Gasteiger partial charge in [0, 0.05) is 5.57 Å². The number of aliphatic hydroxyl groups excluding tert-OH is 1. The molecule has 0 aromatic heterocycles. The van der Waals surface area contributed by atoms with Crippen molar-refractivity contribution < 1.29 is 5.11 Å². The highest BCUT2D eigenvalue weighted by Gasteiger charge is 1.94. The molecule has 8 heavy (non-hydrogen) atoms. The minimum atomic E-state index is 0.00463. The van der Waals surface area contributed by atoms with Gasteiger partial charge in [-0.15, -0.1) is 0 Å². The zero-order valence-corrected chi connectivity index (χ0v) is 6.17. The Hall–Kier alpha value is -0.370. The van der Waals surface area contributed by atoms with Crippen molar-refractivity contribution in [2.24, 2.45) is 0 Å². The van der Waals surface area contributed by atoms with Gasteiger partial charge in [0.05, 0.1) is 0 Å². The summed E-state index contributed by atoms with van der Waals surface area (Å²) in [6.45, 7) is 5.63. The first-order chi connectivity index (χ1) is 3.55. The van der Waals surface area contributed by atoms with E-state index in [-0.39, 0.29) is 5.05 Å². The van der Waals surface area contributed by atoms with Crippen LogP contribution in [0.25, 0.3) is 0 Å². The monoisotopic (exact) mass is 130 g/mol. The number of aliphatic hydroxyl groups is 1. The van der Waals surface area contributed by atoms with Gasteiger partial charge in [-0.05, 0) is 33.0 Å². The van der Waals surface area contributed by atoms with Crippen molar-refractivity contribution in [1.29, 1.82) is 0 Å². The number of hydrogen-bond acceptors (Lipinski definition) is 1. The molecule has 0 spiro atoms. The van der Waals surface area contributed by atoms with E-state index in [9.17, 15) is 0 Å². The zero-order chi connectivity index (χ0) is 6.73. The Kier molecular flexibility index (Phi) is 2.69. The van der Waals surface area contributed by atoms with Crippen LogP contribution in [0, 0.1) is 0 Å². The van der Waals surface area contributed by atoms with E-state index in [1.54, 1.807) is 6.92 Å². The Labute approximate surface area is 55.0 Å². The average Bonchev–Trinajstić information content (AvgIpc) is 1.64. The van der Waals surface area contributed by atoms with Gasteiger partial charge in [-0.1, -0.05) is 5.57 Å². The van der Waals surface area contributed by atoms with Crippen LogP contribution in [0.4, 0.5) is 0 Å². The Morgan fingerprint density at radius 1 is 1.25 bits per heavy atom. The van der Waals surface area contributed by atoms with Gasteiger partial charge < -0.3 is 5.11 Å². The van der Waals surface area contributed by atoms with E-state index < -0.39 is 0 Å². The van der Waals surface area contributed by atoms with Crippen molar-refractivity contribution in [2.45, 2.75) is 20.8 Å². The summed E-state index contributed by atoms with van der Waals surface area (Å²) in [5, 5.41) is 8.67. The largest absolute Gasteiger partial charge is 0.499 e. The molecular weight excluding hydrogens is 120 g/mol. The lowest BCUT2D eigenvalue weighted by Crippen LogP contribution is -1.93. The second-order valence-electron chi connectivity index (χ2n) is 1.93.